The molecule has 1 aliphatic carbocycles. The van der Waals surface area contributed by atoms with Crippen LogP contribution in [0.5, 0.6) is 0 Å². The molecule has 1 aromatic rings. The van der Waals surface area contributed by atoms with E-state index in [1.54, 1.807) is 6.20 Å². The number of likely N-dealkylation sites (tertiary alicyclic amines) is 1. The molecule has 1 aromatic heterocycles. The molecule has 110 valence electrons. The van der Waals surface area contributed by atoms with Crippen molar-refractivity contribution in [1.29, 1.82) is 0 Å². The smallest absolute Gasteiger partial charge is 0.263 e. The molecule has 1 saturated carbocycles. The molecule has 1 aliphatic heterocycles. The second-order valence-electron chi connectivity index (χ2n) is 5.86. The first kappa shape index (κ1) is 13.8. The van der Waals surface area contributed by atoms with Gasteiger partial charge >= 0.3 is 0 Å². The fourth-order valence-electron chi connectivity index (χ4n) is 3.35. The molecule has 0 unspecified atom stereocenters. The van der Waals surface area contributed by atoms with Crippen LogP contribution >= 0.6 is 11.3 Å². The Morgan fingerprint density at radius 1 is 1.45 bits per heavy atom. The molecule has 1 atom stereocenters. The largest absolute Gasteiger partial charge is 0.375 e. The summed E-state index contributed by atoms with van der Waals surface area (Å²) in [6.45, 7) is 3.09. The monoisotopic (exact) mass is 294 g/mol. The van der Waals surface area contributed by atoms with E-state index in [-0.39, 0.29) is 5.91 Å². The first-order chi connectivity index (χ1) is 9.72. The van der Waals surface area contributed by atoms with Crippen LogP contribution in [0.4, 0.5) is 5.13 Å². The number of nitrogen functional groups attached to an aromatic ring is 1. The van der Waals surface area contributed by atoms with Crippen LogP contribution in [0.3, 0.4) is 0 Å². The molecule has 2 heterocycles. The number of carbonyl (C=O) groups is 1. The Kier molecular flexibility index (Phi) is 4.21. The first-order valence-corrected chi connectivity index (χ1v) is 8.27. The Labute approximate surface area is 123 Å². The minimum Gasteiger partial charge on any atom is -0.375 e. The van der Waals surface area contributed by atoms with Crippen molar-refractivity contribution in [3.8, 4) is 0 Å². The lowest BCUT2D eigenvalue weighted by Crippen LogP contribution is -2.34. The number of amides is 1. The van der Waals surface area contributed by atoms with E-state index < -0.39 is 0 Å². The number of nitrogens with one attached hydrogen (secondary N) is 1. The highest BCUT2D eigenvalue weighted by Gasteiger charge is 2.30. The third kappa shape index (κ3) is 3.12. The van der Waals surface area contributed by atoms with Gasteiger partial charge in [0.1, 0.15) is 4.88 Å². The molecule has 0 bridgehead atoms. The van der Waals surface area contributed by atoms with E-state index in [0.717, 1.165) is 19.1 Å². The van der Waals surface area contributed by atoms with Gasteiger partial charge in [-0.3, -0.25) is 4.79 Å². The molecule has 3 rings (SSSR count). The first-order valence-electron chi connectivity index (χ1n) is 7.46. The molecule has 1 saturated heterocycles. The summed E-state index contributed by atoms with van der Waals surface area (Å²) in [6.07, 6.45) is 8.24. The van der Waals surface area contributed by atoms with Crippen LogP contribution in [0.2, 0.25) is 0 Å². The standard InChI is InChI=1S/C14H22N4OS/c15-14-17-8-12(20-14)13(19)16-7-10-5-6-18(9-10)11-3-1-2-4-11/h8,10-11H,1-7,9H2,(H2,15,17)(H,16,19)/t10-/m1/s1. The average molecular weight is 294 g/mol. The van der Waals surface area contributed by atoms with Crippen molar-refractivity contribution in [2.24, 2.45) is 5.92 Å². The zero-order valence-electron chi connectivity index (χ0n) is 11.7. The highest BCUT2D eigenvalue weighted by atomic mass is 32.1. The van der Waals surface area contributed by atoms with E-state index in [4.69, 9.17) is 5.73 Å². The maximum absolute atomic E-state index is 11.9. The molecule has 6 heteroatoms. The number of hydrogen-bond acceptors (Lipinski definition) is 5. The zero-order valence-corrected chi connectivity index (χ0v) is 12.5. The molecular formula is C14H22N4OS. The van der Waals surface area contributed by atoms with Gasteiger partial charge in [0, 0.05) is 19.1 Å². The molecule has 5 nitrogen and oxygen atoms in total. The maximum Gasteiger partial charge on any atom is 0.263 e. The van der Waals surface area contributed by atoms with Crippen molar-refractivity contribution in [3.63, 3.8) is 0 Å². The summed E-state index contributed by atoms with van der Waals surface area (Å²) in [5.41, 5.74) is 5.54. The summed E-state index contributed by atoms with van der Waals surface area (Å²) in [6, 6.07) is 0.803. The van der Waals surface area contributed by atoms with Gasteiger partial charge in [0.2, 0.25) is 0 Å². The van der Waals surface area contributed by atoms with Gasteiger partial charge < -0.3 is 16.0 Å². The number of rotatable bonds is 4. The number of nitrogens with two attached hydrogens (primary N) is 1. The second-order valence-corrected chi connectivity index (χ2v) is 6.92. The molecule has 3 N–H and O–H groups in total. The van der Waals surface area contributed by atoms with Crippen molar-refractivity contribution in [2.75, 3.05) is 25.4 Å². The molecule has 0 radical (unpaired) electrons. The van der Waals surface area contributed by atoms with Crippen molar-refractivity contribution < 1.29 is 4.79 Å². The molecular weight excluding hydrogens is 272 g/mol. The van der Waals surface area contributed by atoms with Crippen LogP contribution in [0.25, 0.3) is 0 Å². The zero-order chi connectivity index (χ0) is 13.9. The van der Waals surface area contributed by atoms with Crippen LogP contribution in [0.1, 0.15) is 41.8 Å². The Hall–Kier alpha value is -1.14. The highest BCUT2D eigenvalue weighted by Crippen LogP contribution is 2.28. The van der Waals surface area contributed by atoms with E-state index >= 15 is 0 Å². The molecule has 20 heavy (non-hydrogen) atoms. The van der Waals surface area contributed by atoms with Gasteiger partial charge in [-0.05, 0) is 31.7 Å². The lowest BCUT2D eigenvalue weighted by molar-refractivity contribution is 0.0950. The van der Waals surface area contributed by atoms with Crippen molar-refractivity contribution in [1.82, 2.24) is 15.2 Å². The topological polar surface area (TPSA) is 71.2 Å². The number of carbonyl (C=O) groups excluding carboxylic acids is 1. The SMILES string of the molecule is Nc1ncc(C(=O)NC[C@H]2CCN(C3CCCC3)C2)s1. The predicted molar refractivity (Wildman–Crippen MR) is 80.8 cm³/mol. The van der Waals surface area contributed by atoms with Gasteiger partial charge in [-0.2, -0.15) is 0 Å². The van der Waals surface area contributed by atoms with E-state index in [1.807, 2.05) is 0 Å². The van der Waals surface area contributed by atoms with Gasteiger partial charge in [0.25, 0.3) is 5.91 Å². The van der Waals surface area contributed by atoms with Gasteiger partial charge in [-0.25, -0.2) is 4.98 Å². The van der Waals surface area contributed by atoms with Gasteiger partial charge in [0.05, 0.1) is 6.20 Å². The van der Waals surface area contributed by atoms with E-state index in [0.29, 0.717) is 15.9 Å². The molecule has 1 amide bonds. The minimum atomic E-state index is -0.0430. The predicted octanol–water partition coefficient (Wildman–Crippen LogP) is 1.72. The molecule has 2 fully saturated rings. The van der Waals surface area contributed by atoms with Crippen molar-refractivity contribution in [3.05, 3.63) is 11.1 Å². The fraction of sp³-hybridized carbons (Fsp3) is 0.714. The van der Waals surface area contributed by atoms with E-state index in [1.165, 1.54) is 50.0 Å². The average Bonchev–Trinajstić information content (AvgIpc) is 3.16. The quantitative estimate of drug-likeness (QED) is 0.887. The summed E-state index contributed by atoms with van der Waals surface area (Å²) in [5, 5.41) is 3.46. The summed E-state index contributed by atoms with van der Waals surface area (Å²) < 4.78 is 0. The Bertz CT molecular complexity index is 469. The Morgan fingerprint density at radius 2 is 2.25 bits per heavy atom. The lowest BCUT2D eigenvalue weighted by Gasteiger charge is -2.23. The van der Waals surface area contributed by atoms with Crippen molar-refractivity contribution >= 4 is 22.4 Å². The van der Waals surface area contributed by atoms with E-state index in [2.05, 4.69) is 15.2 Å². The molecule has 0 spiro atoms. The third-order valence-corrected chi connectivity index (χ3v) is 5.28. The normalized spacial score (nSPS) is 24.3. The third-order valence-electron chi connectivity index (χ3n) is 4.46. The Morgan fingerprint density at radius 3 is 2.95 bits per heavy atom. The summed E-state index contributed by atoms with van der Waals surface area (Å²) in [7, 11) is 0. The number of anilines is 1. The maximum atomic E-state index is 11.9. The number of thiazole rings is 1. The number of hydrogen-bond donors (Lipinski definition) is 2. The van der Waals surface area contributed by atoms with Crippen LogP contribution < -0.4 is 11.1 Å². The lowest BCUT2D eigenvalue weighted by atomic mass is 10.1. The second kappa shape index (κ2) is 6.10. The van der Waals surface area contributed by atoms with Gasteiger partial charge in [0.15, 0.2) is 5.13 Å². The van der Waals surface area contributed by atoms with Crippen LogP contribution in [0, 0.1) is 5.92 Å². The fourth-order valence-corrected chi connectivity index (χ4v) is 3.95. The van der Waals surface area contributed by atoms with Gasteiger partial charge in [-0.1, -0.05) is 24.2 Å². The van der Waals surface area contributed by atoms with Crippen LogP contribution in [0.15, 0.2) is 6.20 Å². The minimum absolute atomic E-state index is 0.0430. The highest BCUT2D eigenvalue weighted by molar-refractivity contribution is 7.17. The Balaban J connectivity index is 1.44. The molecule has 2 aliphatic rings. The summed E-state index contributed by atoms with van der Waals surface area (Å²) in [5.74, 6) is 0.545. The number of aromatic nitrogens is 1. The van der Waals surface area contributed by atoms with E-state index in [9.17, 15) is 4.79 Å². The van der Waals surface area contributed by atoms with Gasteiger partial charge in [-0.15, -0.1) is 0 Å². The number of nitrogens with zero attached hydrogens (tertiary/aromatic N) is 2. The van der Waals surface area contributed by atoms with Crippen molar-refractivity contribution in [2.45, 2.75) is 38.1 Å². The molecule has 0 aromatic carbocycles. The van der Waals surface area contributed by atoms with Crippen LogP contribution in [-0.2, 0) is 0 Å². The van der Waals surface area contributed by atoms with Crippen LogP contribution in [-0.4, -0.2) is 41.5 Å². The summed E-state index contributed by atoms with van der Waals surface area (Å²) in [4.78, 5) is 19.1. The summed E-state index contributed by atoms with van der Waals surface area (Å²) >= 11 is 1.24.